The summed E-state index contributed by atoms with van der Waals surface area (Å²) < 4.78 is 4.81. The van der Waals surface area contributed by atoms with Crippen LogP contribution in [0.3, 0.4) is 0 Å². The molecule has 1 aromatic carbocycles. The lowest BCUT2D eigenvalue weighted by molar-refractivity contribution is 0.152. The van der Waals surface area contributed by atoms with E-state index in [1.54, 1.807) is 6.92 Å². The highest BCUT2D eigenvalue weighted by atomic mass is 16.5. The maximum absolute atomic E-state index is 11.1. The van der Waals surface area contributed by atoms with Crippen LogP contribution in [-0.4, -0.2) is 32.3 Å². The number of nitrogens with one attached hydrogen (secondary N) is 1. The molecule has 1 amide bonds. The molecule has 1 saturated heterocycles. The van der Waals surface area contributed by atoms with E-state index in [9.17, 15) is 4.79 Å². The molecule has 19 heavy (non-hydrogen) atoms. The van der Waals surface area contributed by atoms with Crippen molar-refractivity contribution in [2.24, 2.45) is 0 Å². The molecule has 1 heterocycles. The van der Waals surface area contributed by atoms with Crippen molar-refractivity contribution in [3.63, 3.8) is 0 Å². The first-order valence-corrected chi connectivity index (χ1v) is 7.04. The fourth-order valence-electron chi connectivity index (χ4n) is 2.34. The first-order chi connectivity index (χ1) is 9.29. The molecule has 0 unspecified atom stereocenters. The highest BCUT2D eigenvalue weighted by Gasteiger charge is 2.11. The number of alkyl carbamates (subject to hydrolysis) is 1. The zero-order valence-electron chi connectivity index (χ0n) is 11.5. The predicted molar refractivity (Wildman–Crippen MR) is 76.6 cm³/mol. The van der Waals surface area contributed by atoms with Crippen LogP contribution in [0.4, 0.5) is 10.5 Å². The van der Waals surface area contributed by atoms with E-state index in [4.69, 9.17) is 4.74 Å². The number of ether oxygens (including phenoxy) is 1. The molecule has 0 atom stereocenters. The lowest BCUT2D eigenvalue weighted by Crippen LogP contribution is -2.26. The van der Waals surface area contributed by atoms with E-state index < -0.39 is 0 Å². The van der Waals surface area contributed by atoms with Gasteiger partial charge >= 0.3 is 6.09 Å². The second-order valence-electron chi connectivity index (χ2n) is 4.76. The van der Waals surface area contributed by atoms with Crippen molar-refractivity contribution in [3.05, 3.63) is 29.8 Å². The van der Waals surface area contributed by atoms with Crippen LogP contribution in [0.25, 0.3) is 0 Å². The lowest BCUT2D eigenvalue weighted by atomic mass is 10.1. The van der Waals surface area contributed by atoms with Gasteiger partial charge in [-0.3, -0.25) is 0 Å². The number of benzene rings is 1. The monoisotopic (exact) mass is 262 g/mol. The van der Waals surface area contributed by atoms with Gasteiger partial charge in [-0.1, -0.05) is 12.1 Å². The quantitative estimate of drug-likeness (QED) is 0.886. The van der Waals surface area contributed by atoms with E-state index in [-0.39, 0.29) is 6.09 Å². The Bertz CT molecular complexity index is 397. The zero-order valence-corrected chi connectivity index (χ0v) is 11.5. The van der Waals surface area contributed by atoms with Crippen molar-refractivity contribution in [3.8, 4) is 0 Å². The van der Waals surface area contributed by atoms with Crippen LogP contribution >= 0.6 is 0 Å². The number of nitrogens with zero attached hydrogens (tertiary/aromatic N) is 1. The minimum Gasteiger partial charge on any atom is -0.450 e. The summed E-state index contributed by atoms with van der Waals surface area (Å²) in [4.78, 5) is 13.5. The summed E-state index contributed by atoms with van der Waals surface area (Å²) in [6, 6.07) is 8.62. The third-order valence-electron chi connectivity index (χ3n) is 3.37. The number of hydrogen-bond acceptors (Lipinski definition) is 3. The minimum absolute atomic E-state index is 0.337. The highest BCUT2D eigenvalue weighted by Crippen LogP contribution is 2.20. The van der Waals surface area contributed by atoms with E-state index in [0.29, 0.717) is 13.2 Å². The van der Waals surface area contributed by atoms with E-state index >= 15 is 0 Å². The van der Waals surface area contributed by atoms with Gasteiger partial charge in [0.25, 0.3) is 0 Å². The third-order valence-corrected chi connectivity index (χ3v) is 3.37. The molecule has 0 saturated carbocycles. The van der Waals surface area contributed by atoms with Crippen LogP contribution in [0.1, 0.15) is 25.3 Å². The number of carbonyl (C=O) groups is 1. The fraction of sp³-hybridized carbons (Fsp3) is 0.533. The van der Waals surface area contributed by atoms with Crippen molar-refractivity contribution in [2.45, 2.75) is 26.2 Å². The van der Waals surface area contributed by atoms with Gasteiger partial charge in [-0.25, -0.2) is 4.79 Å². The molecule has 2 rings (SSSR count). The van der Waals surface area contributed by atoms with Crippen molar-refractivity contribution in [2.75, 3.05) is 31.1 Å². The van der Waals surface area contributed by atoms with Gasteiger partial charge < -0.3 is 15.0 Å². The van der Waals surface area contributed by atoms with Gasteiger partial charge in [-0.15, -0.1) is 0 Å². The molecule has 1 aromatic rings. The minimum atomic E-state index is -0.337. The second-order valence-corrected chi connectivity index (χ2v) is 4.76. The Labute approximate surface area is 114 Å². The Morgan fingerprint density at radius 1 is 1.26 bits per heavy atom. The van der Waals surface area contributed by atoms with Crippen molar-refractivity contribution < 1.29 is 9.53 Å². The second kappa shape index (κ2) is 7.02. The smallest absolute Gasteiger partial charge is 0.407 e. The maximum Gasteiger partial charge on any atom is 0.407 e. The van der Waals surface area contributed by atoms with Gasteiger partial charge in [-0.05, 0) is 43.9 Å². The van der Waals surface area contributed by atoms with E-state index in [0.717, 1.165) is 6.42 Å². The summed E-state index contributed by atoms with van der Waals surface area (Å²) in [6.45, 7) is 5.17. The molecule has 0 spiro atoms. The highest BCUT2D eigenvalue weighted by molar-refractivity contribution is 5.67. The Morgan fingerprint density at radius 3 is 2.58 bits per heavy atom. The Kier molecular flexibility index (Phi) is 5.07. The number of rotatable bonds is 5. The third kappa shape index (κ3) is 4.16. The fourth-order valence-corrected chi connectivity index (χ4v) is 2.34. The zero-order chi connectivity index (χ0) is 13.5. The van der Waals surface area contributed by atoms with Crippen LogP contribution in [0.2, 0.25) is 0 Å². The topological polar surface area (TPSA) is 41.6 Å². The van der Waals surface area contributed by atoms with Crippen LogP contribution < -0.4 is 10.2 Å². The summed E-state index contributed by atoms with van der Waals surface area (Å²) in [6.07, 6.45) is 3.09. The van der Waals surface area contributed by atoms with Gasteiger partial charge in [0, 0.05) is 25.3 Å². The van der Waals surface area contributed by atoms with E-state index in [1.165, 1.54) is 37.2 Å². The van der Waals surface area contributed by atoms with Crippen molar-refractivity contribution >= 4 is 11.8 Å². The number of anilines is 1. The average molecular weight is 262 g/mol. The number of amides is 1. The van der Waals surface area contributed by atoms with Crippen molar-refractivity contribution in [1.29, 1.82) is 0 Å². The Morgan fingerprint density at radius 2 is 1.95 bits per heavy atom. The summed E-state index contributed by atoms with van der Waals surface area (Å²) in [5.41, 5.74) is 2.54. The van der Waals surface area contributed by atoms with E-state index in [1.807, 2.05) is 0 Å². The molecule has 0 aromatic heterocycles. The Hall–Kier alpha value is -1.71. The normalized spacial score (nSPS) is 14.5. The van der Waals surface area contributed by atoms with Crippen LogP contribution in [-0.2, 0) is 11.2 Å². The maximum atomic E-state index is 11.1. The average Bonchev–Trinajstić information content (AvgIpc) is 2.94. The SMILES string of the molecule is CCOC(=O)NCCc1ccc(N2CCCC2)cc1. The van der Waals surface area contributed by atoms with Crippen LogP contribution in [0.5, 0.6) is 0 Å². The van der Waals surface area contributed by atoms with E-state index in [2.05, 4.69) is 34.5 Å². The number of carbonyl (C=O) groups excluding carboxylic acids is 1. The molecule has 4 nitrogen and oxygen atoms in total. The summed E-state index contributed by atoms with van der Waals surface area (Å²) in [5.74, 6) is 0. The largest absolute Gasteiger partial charge is 0.450 e. The number of hydrogen-bond donors (Lipinski definition) is 1. The molecule has 1 fully saturated rings. The summed E-state index contributed by atoms with van der Waals surface area (Å²) in [7, 11) is 0. The molecule has 104 valence electrons. The summed E-state index contributed by atoms with van der Waals surface area (Å²) in [5, 5.41) is 2.73. The van der Waals surface area contributed by atoms with Gasteiger partial charge in [0.05, 0.1) is 6.61 Å². The Balaban J connectivity index is 1.77. The summed E-state index contributed by atoms with van der Waals surface area (Å²) >= 11 is 0. The van der Waals surface area contributed by atoms with Crippen LogP contribution in [0, 0.1) is 0 Å². The molecule has 1 aliphatic rings. The first-order valence-electron chi connectivity index (χ1n) is 7.04. The standard InChI is InChI=1S/C15H22N2O2/c1-2-19-15(18)16-10-9-13-5-7-14(8-6-13)17-11-3-4-12-17/h5-8H,2-4,9-12H2,1H3,(H,16,18). The molecule has 0 radical (unpaired) electrons. The first kappa shape index (κ1) is 13.7. The predicted octanol–water partition coefficient (Wildman–Crippen LogP) is 2.58. The van der Waals surface area contributed by atoms with Crippen LogP contribution in [0.15, 0.2) is 24.3 Å². The molecule has 1 N–H and O–H groups in total. The molecule has 0 aliphatic carbocycles. The molecular formula is C15H22N2O2. The van der Waals surface area contributed by atoms with Gasteiger partial charge in [0.1, 0.15) is 0 Å². The van der Waals surface area contributed by atoms with Gasteiger partial charge in [0.15, 0.2) is 0 Å². The molecule has 1 aliphatic heterocycles. The van der Waals surface area contributed by atoms with Crippen molar-refractivity contribution in [1.82, 2.24) is 5.32 Å². The molecule has 4 heteroatoms. The lowest BCUT2D eigenvalue weighted by Gasteiger charge is -2.17. The molecule has 0 bridgehead atoms. The molecular weight excluding hydrogens is 240 g/mol. The van der Waals surface area contributed by atoms with Gasteiger partial charge in [0.2, 0.25) is 0 Å². The van der Waals surface area contributed by atoms with Gasteiger partial charge in [-0.2, -0.15) is 0 Å².